The second kappa shape index (κ2) is 3.28. The minimum absolute atomic E-state index is 0.584. The van der Waals surface area contributed by atoms with Crippen molar-refractivity contribution in [2.75, 3.05) is 13.2 Å². The lowest BCUT2D eigenvalue weighted by Gasteiger charge is -2.11. The lowest BCUT2D eigenvalue weighted by molar-refractivity contribution is 0.357. The van der Waals surface area contributed by atoms with Gasteiger partial charge in [0.1, 0.15) is 5.75 Å². The van der Waals surface area contributed by atoms with Crippen molar-refractivity contribution in [2.24, 2.45) is 0 Å². The summed E-state index contributed by atoms with van der Waals surface area (Å²) in [6.45, 7) is 2.02. The number of nitrogens with one attached hydrogen (secondary N) is 1. The van der Waals surface area contributed by atoms with Crippen molar-refractivity contribution in [1.82, 2.24) is 5.32 Å². The Bertz CT molecular complexity index is 342. The Morgan fingerprint density at radius 2 is 2.36 bits per heavy atom. The molecular weight excluding hydrogens is 174 g/mol. The van der Waals surface area contributed by atoms with Gasteiger partial charge in [-0.3, -0.25) is 0 Å². The van der Waals surface area contributed by atoms with E-state index in [-0.39, 0.29) is 0 Å². The van der Waals surface area contributed by atoms with Crippen LogP contribution in [0.3, 0.4) is 0 Å². The first-order valence-electron chi connectivity index (χ1n) is 5.42. The summed E-state index contributed by atoms with van der Waals surface area (Å²) in [7, 11) is 0. The highest BCUT2D eigenvalue weighted by Gasteiger charge is 2.19. The van der Waals surface area contributed by atoms with Crippen LogP contribution in [0, 0.1) is 0 Å². The van der Waals surface area contributed by atoms with Crippen LogP contribution in [0.4, 0.5) is 0 Å². The first-order valence-corrected chi connectivity index (χ1v) is 5.42. The van der Waals surface area contributed by atoms with Gasteiger partial charge in [-0.25, -0.2) is 0 Å². The van der Waals surface area contributed by atoms with Crippen molar-refractivity contribution in [2.45, 2.75) is 25.3 Å². The maximum absolute atomic E-state index is 5.50. The summed E-state index contributed by atoms with van der Waals surface area (Å²) in [6, 6.07) is 7.22. The molecule has 1 aromatic rings. The fraction of sp³-hybridized carbons (Fsp3) is 0.500. The fourth-order valence-electron chi connectivity index (χ4n) is 2.39. The Hall–Kier alpha value is -1.02. The molecule has 0 amide bonds. The van der Waals surface area contributed by atoms with Gasteiger partial charge in [0.2, 0.25) is 0 Å². The molecule has 0 saturated carbocycles. The summed E-state index contributed by atoms with van der Waals surface area (Å²) in [6.07, 6.45) is 3.66. The van der Waals surface area contributed by atoms with Crippen molar-refractivity contribution in [3.63, 3.8) is 0 Å². The highest BCUT2D eigenvalue weighted by molar-refractivity contribution is 5.40. The van der Waals surface area contributed by atoms with Gasteiger partial charge in [-0.05, 0) is 36.6 Å². The van der Waals surface area contributed by atoms with Gasteiger partial charge in [0.25, 0.3) is 0 Å². The summed E-state index contributed by atoms with van der Waals surface area (Å²) in [5, 5.41) is 3.52. The third-order valence-electron chi connectivity index (χ3n) is 3.18. The predicted octanol–water partition coefficient (Wildman–Crippen LogP) is 2.05. The first kappa shape index (κ1) is 8.30. The van der Waals surface area contributed by atoms with E-state index in [0.717, 1.165) is 25.3 Å². The van der Waals surface area contributed by atoms with Gasteiger partial charge in [0.15, 0.2) is 0 Å². The second-order valence-corrected chi connectivity index (χ2v) is 4.11. The zero-order chi connectivity index (χ0) is 9.38. The Balaban J connectivity index is 1.91. The number of hydrogen-bond acceptors (Lipinski definition) is 2. The van der Waals surface area contributed by atoms with Crippen LogP contribution in [0.15, 0.2) is 18.2 Å². The van der Waals surface area contributed by atoms with E-state index in [2.05, 4.69) is 23.5 Å². The van der Waals surface area contributed by atoms with Crippen molar-refractivity contribution >= 4 is 0 Å². The molecule has 1 N–H and O–H groups in total. The molecule has 0 unspecified atom stereocenters. The number of fused-ring (bicyclic) bond motifs is 1. The van der Waals surface area contributed by atoms with Gasteiger partial charge in [0.05, 0.1) is 6.61 Å². The van der Waals surface area contributed by atoms with Gasteiger partial charge in [-0.2, -0.15) is 0 Å². The molecular formula is C12H15NO. The Morgan fingerprint density at radius 1 is 1.36 bits per heavy atom. The molecule has 14 heavy (non-hydrogen) atoms. The lowest BCUT2D eigenvalue weighted by Crippen LogP contribution is -2.12. The van der Waals surface area contributed by atoms with Gasteiger partial charge in [-0.15, -0.1) is 0 Å². The maximum atomic E-state index is 5.50. The van der Waals surface area contributed by atoms with Gasteiger partial charge < -0.3 is 10.1 Å². The molecule has 2 aliphatic rings. The van der Waals surface area contributed by atoms with E-state index >= 15 is 0 Å². The molecule has 2 heterocycles. The van der Waals surface area contributed by atoms with Crippen LogP contribution >= 0.6 is 0 Å². The standard InChI is InChI=1S/C12H15NO/c1-2-11(13-6-1)9-3-4-12-10(8-9)5-7-14-12/h3-4,8,11,13H,1-2,5-7H2/t11-/m1/s1. The summed E-state index contributed by atoms with van der Waals surface area (Å²) >= 11 is 0. The molecule has 2 nitrogen and oxygen atoms in total. The average Bonchev–Trinajstić information content (AvgIpc) is 2.88. The molecule has 2 aliphatic heterocycles. The van der Waals surface area contributed by atoms with Gasteiger partial charge in [0, 0.05) is 12.5 Å². The van der Waals surface area contributed by atoms with Gasteiger partial charge >= 0.3 is 0 Å². The fourth-order valence-corrected chi connectivity index (χ4v) is 2.39. The van der Waals surface area contributed by atoms with Crippen molar-refractivity contribution in [3.8, 4) is 5.75 Å². The topological polar surface area (TPSA) is 21.3 Å². The van der Waals surface area contributed by atoms with Crippen LogP contribution in [0.5, 0.6) is 5.75 Å². The smallest absolute Gasteiger partial charge is 0.122 e. The number of ether oxygens (including phenoxy) is 1. The third-order valence-corrected chi connectivity index (χ3v) is 3.18. The first-order chi connectivity index (χ1) is 6.93. The maximum Gasteiger partial charge on any atom is 0.122 e. The molecule has 74 valence electrons. The third kappa shape index (κ3) is 1.30. The predicted molar refractivity (Wildman–Crippen MR) is 55.6 cm³/mol. The second-order valence-electron chi connectivity index (χ2n) is 4.11. The molecule has 2 heteroatoms. The molecule has 0 aliphatic carbocycles. The average molecular weight is 189 g/mol. The summed E-state index contributed by atoms with van der Waals surface area (Å²) in [5.41, 5.74) is 2.82. The Morgan fingerprint density at radius 3 is 3.21 bits per heavy atom. The number of hydrogen-bond donors (Lipinski definition) is 1. The summed E-state index contributed by atoms with van der Waals surface area (Å²) in [5.74, 6) is 1.09. The zero-order valence-corrected chi connectivity index (χ0v) is 8.25. The minimum atomic E-state index is 0.584. The van der Waals surface area contributed by atoms with Crippen LogP contribution in [0.25, 0.3) is 0 Å². The lowest BCUT2D eigenvalue weighted by atomic mass is 10.0. The van der Waals surface area contributed by atoms with E-state index < -0.39 is 0 Å². The number of rotatable bonds is 1. The molecule has 0 radical (unpaired) electrons. The van der Waals surface area contributed by atoms with Crippen LogP contribution in [-0.4, -0.2) is 13.2 Å². The minimum Gasteiger partial charge on any atom is -0.493 e. The van der Waals surface area contributed by atoms with E-state index in [0.29, 0.717) is 6.04 Å². The van der Waals surface area contributed by atoms with Crippen molar-refractivity contribution in [3.05, 3.63) is 29.3 Å². The van der Waals surface area contributed by atoms with Gasteiger partial charge in [-0.1, -0.05) is 12.1 Å². The van der Waals surface area contributed by atoms with Crippen LogP contribution in [0.2, 0.25) is 0 Å². The molecule has 1 saturated heterocycles. The summed E-state index contributed by atoms with van der Waals surface area (Å²) in [4.78, 5) is 0. The highest BCUT2D eigenvalue weighted by atomic mass is 16.5. The SMILES string of the molecule is c1cc2c(cc1[C@H]1CCCN1)CCO2. The largest absolute Gasteiger partial charge is 0.493 e. The molecule has 1 fully saturated rings. The van der Waals surface area contributed by atoms with Crippen LogP contribution < -0.4 is 10.1 Å². The molecule has 0 aromatic heterocycles. The number of benzene rings is 1. The van der Waals surface area contributed by atoms with E-state index in [1.54, 1.807) is 0 Å². The molecule has 0 spiro atoms. The van der Waals surface area contributed by atoms with E-state index in [1.807, 2.05) is 0 Å². The van der Waals surface area contributed by atoms with E-state index in [9.17, 15) is 0 Å². The monoisotopic (exact) mass is 189 g/mol. The highest BCUT2D eigenvalue weighted by Crippen LogP contribution is 2.30. The molecule has 0 bridgehead atoms. The molecule has 1 aromatic carbocycles. The van der Waals surface area contributed by atoms with E-state index in [4.69, 9.17) is 4.74 Å². The van der Waals surface area contributed by atoms with E-state index in [1.165, 1.54) is 24.0 Å². The summed E-state index contributed by atoms with van der Waals surface area (Å²) < 4.78 is 5.50. The Kier molecular flexibility index (Phi) is 1.95. The van der Waals surface area contributed by atoms with Crippen molar-refractivity contribution in [1.29, 1.82) is 0 Å². The van der Waals surface area contributed by atoms with Crippen molar-refractivity contribution < 1.29 is 4.74 Å². The zero-order valence-electron chi connectivity index (χ0n) is 8.25. The van der Waals surface area contributed by atoms with Crippen LogP contribution in [-0.2, 0) is 6.42 Å². The van der Waals surface area contributed by atoms with Crippen LogP contribution in [0.1, 0.15) is 30.0 Å². The quantitative estimate of drug-likeness (QED) is 0.730. The normalized spacial score (nSPS) is 24.7. The molecule has 3 rings (SSSR count). The molecule has 1 atom stereocenters. The Labute approximate surface area is 84.3 Å².